The molecule has 3 heteroatoms. The summed E-state index contributed by atoms with van der Waals surface area (Å²) in [6, 6.07) is 8.29. The number of benzene rings is 1. The Bertz CT molecular complexity index is 421. The van der Waals surface area contributed by atoms with Crippen molar-refractivity contribution in [2.45, 2.75) is 37.7 Å². The first kappa shape index (κ1) is 12.9. The van der Waals surface area contributed by atoms with Gasteiger partial charge >= 0.3 is 0 Å². The number of hydrogen-bond donors (Lipinski definition) is 2. The largest absolute Gasteiger partial charge is 0.493 e. The van der Waals surface area contributed by atoms with Crippen molar-refractivity contribution in [3.8, 4) is 5.75 Å². The molecule has 1 aromatic carbocycles. The molecule has 1 aromatic rings. The number of aliphatic hydroxyl groups is 1. The van der Waals surface area contributed by atoms with Crippen molar-refractivity contribution in [2.75, 3.05) is 19.7 Å². The second-order valence-corrected chi connectivity index (χ2v) is 5.82. The molecule has 0 bridgehead atoms. The molecule has 0 spiro atoms. The molecule has 1 heterocycles. The summed E-state index contributed by atoms with van der Waals surface area (Å²) in [5.74, 6) is 1.93. The van der Waals surface area contributed by atoms with E-state index in [0.717, 1.165) is 38.3 Å². The molecule has 0 radical (unpaired) electrons. The lowest BCUT2D eigenvalue weighted by atomic mass is 9.86. The zero-order valence-electron chi connectivity index (χ0n) is 11.3. The van der Waals surface area contributed by atoms with Gasteiger partial charge in [0.1, 0.15) is 5.75 Å². The van der Waals surface area contributed by atoms with Gasteiger partial charge < -0.3 is 15.2 Å². The van der Waals surface area contributed by atoms with Gasteiger partial charge in [0.2, 0.25) is 0 Å². The maximum Gasteiger partial charge on any atom is 0.122 e. The minimum atomic E-state index is -0.103. The summed E-state index contributed by atoms with van der Waals surface area (Å²) in [6.07, 6.45) is 4.47. The zero-order valence-corrected chi connectivity index (χ0v) is 11.3. The molecule has 1 aliphatic carbocycles. The average Bonchev–Trinajstić information content (AvgIpc) is 2.85. The molecule has 1 fully saturated rings. The number of nitrogens with one attached hydrogen (secondary N) is 1. The first-order valence-electron chi connectivity index (χ1n) is 7.45. The van der Waals surface area contributed by atoms with Gasteiger partial charge in [0.15, 0.2) is 0 Å². The summed E-state index contributed by atoms with van der Waals surface area (Å²) in [5.41, 5.74) is 1.32. The van der Waals surface area contributed by atoms with Crippen LogP contribution in [0.15, 0.2) is 24.3 Å². The molecule has 3 rings (SSSR count). The van der Waals surface area contributed by atoms with Crippen LogP contribution in [0.4, 0.5) is 0 Å². The Morgan fingerprint density at radius 2 is 2.00 bits per heavy atom. The van der Waals surface area contributed by atoms with Gasteiger partial charge in [0, 0.05) is 24.6 Å². The van der Waals surface area contributed by atoms with Gasteiger partial charge in [-0.3, -0.25) is 0 Å². The van der Waals surface area contributed by atoms with Crippen LogP contribution in [0.25, 0.3) is 0 Å². The number of aliphatic hydroxyl groups excluding tert-OH is 1. The van der Waals surface area contributed by atoms with E-state index in [2.05, 4.69) is 17.4 Å². The molecule has 104 valence electrons. The highest BCUT2D eigenvalue weighted by Crippen LogP contribution is 2.33. The fraction of sp³-hybridized carbons (Fsp3) is 0.625. The van der Waals surface area contributed by atoms with E-state index in [1.165, 1.54) is 18.4 Å². The minimum Gasteiger partial charge on any atom is -0.493 e. The molecule has 0 saturated heterocycles. The molecule has 1 saturated carbocycles. The molecule has 19 heavy (non-hydrogen) atoms. The highest BCUT2D eigenvalue weighted by atomic mass is 16.5. The second kappa shape index (κ2) is 5.93. The Morgan fingerprint density at radius 1 is 1.16 bits per heavy atom. The van der Waals surface area contributed by atoms with Crippen molar-refractivity contribution in [1.29, 1.82) is 0 Å². The fourth-order valence-corrected chi connectivity index (χ4v) is 3.27. The zero-order chi connectivity index (χ0) is 13.1. The van der Waals surface area contributed by atoms with Crippen molar-refractivity contribution in [2.24, 2.45) is 5.92 Å². The van der Waals surface area contributed by atoms with Gasteiger partial charge in [-0.15, -0.1) is 0 Å². The maximum atomic E-state index is 9.95. The normalized spacial score (nSPS) is 29.8. The summed E-state index contributed by atoms with van der Waals surface area (Å²) in [7, 11) is 0. The Kier molecular flexibility index (Phi) is 4.04. The molecule has 3 atom stereocenters. The molecule has 1 aliphatic heterocycles. The van der Waals surface area contributed by atoms with E-state index in [1.54, 1.807) is 0 Å². The standard InChI is InChI=1S/C16H23NO2/c18-15-7-3-1-5-12(15)9-17-10-13-11-19-16-8-4-2-6-14(13)16/h2,4,6,8,12-13,15,17-18H,1,3,5,7,9-11H2. The predicted molar refractivity (Wildman–Crippen MR) is 75.5 cm³/mol. The Balaban J connectivity index is 1.48. The van der Waals surface area contributed by atoms with E-state index in [9.17, 15) is 5.11 Å². The Labute approximate surface area is 115 Å². The lowest BCUT2D eigenvalue weighted by Gasteiger charge is -2.28. The SMILES string of the molecule is OC1CCCCC1CNCC1COc2ccccc21. The second-order valence-electron chi connectivity index (χ2n) is 5.82. The third-order valence-electron chi connectivity index (χ3n) is 4.47. The van der Waals surface area contributed by atoms with Crippen molar-refractivity contribution in [3.63, 3.8) is 0 Å². The topological polar surface area (TPSA) is 41.5 Å². The van der Waals surface area contributed by atoms with Gasteiger partial charge in [0.05, 0.1) is 12.7 Å². The minimum absolute atomic E-state index is 0.103. The number of para-hydroxylation sites is 1. The van der Waals surface area contributed by atoms with Gasteiger partial charge in [-0.25, -0.2) is 0 Å². The monoisotopic (exact) mass is 261 g/mol. The van der Waals surface area contributed by atoms with Crippen LogP contribution < -0.4 is 10.1 Å². The van der Waals surface area contributed by atoms with Crippen LogP contribution in [0.3, 0.4) is 0 Å². The van der Waals surface area contributed by atoms with E-state index in [4.69, 9.17) is 4.74 Å². The summed E-state index contributed by atoms with van der Waals surface area (Å²) in [5, 5.41) is 13.5. The van der Waals surface area contributed by atoms with Crippen LogP contribution >= 0.6 is 0 Å². The van der Waals surface area contributed by atoms with Crippen LogP contribution in [0.1, 0.15) is 37.2 Å². The molecule has 0 amide bonds. The predicted octanol–water partition coefficient (Wildman–Crippen LogP) is 2.30. The smallest absolute Gasteiger partial charge is 0.122 e. The molecular formula is C16H23NO2. The van der Waals surface area contributed by atoms with Crippen molar-refractivity contribution in [3.05, 3.63) is 29.8 Å². The number of hydrogen-bond acceptors (Lipinski definition) is 3. The summed E-state index contributed by atoms with van der Waals surface area (Å²) in [6.45, 7) is 2.65. The third-order valence-corrected chi connectivity index (χ3v) is 4.47. The molecular weight excluding hydrogens is 238 g/mol. The third kappa shape index (κ3) is 2.93. The molecule has 0 aromatic heterocycles. The van der Waals surface area contributed by atoms with Crippen LogP contribution in [-0.2, 0) is 0 Å². The van der Waals surface area contributed by atoms with Crippen LogP contribution in [0.2, 0.25) is 0 Å². The first-order valence-corrected chi connectivity index (χ1v) is 7.45. The fourth-order valence-electron chi connectivity index (χ4n) is 3.27. The molecule has 2 aliphatic rings. The van der Waals surface area contributed by atoms with Crippen molar-refractivity contribution >= 4 is 0 Å². The Hall–Kier alpha value is -1.06. The highest BCUT2D eigenvalue weighted by Gasteiger charge is 2.25. The van der Waals surface area contributed by atoms with E-state index in [1.807, 2.05) is 12.1 Å². The van der Waals surface area contributed by atoms with E-state index < -0.39 is 0 Å². The van der Waals surface area contributed by atoms with Crippen LogP contribution in [0, 0.1) is 5.92 Å². The maximum absolute atomic E-state index is 9.95. The molecule has 3 nitrogen and oxygen atoms in total. The Morgan fingerprint density at radius 3 is 2.89 bits per heavy atom. The van der Waals surface area contributed by atoms with Crippen LogP contribution in [0.5, 0.6) is 5.75 Å². The summed E-state index contributed by atoms with van der Waals surface area (Å²) < 4.78 is 5.69. The van der Waals surface area contributed by atoms with Crippen molar-refractivity contribution in [1.82, 2.24) is 5.32 Å². The lowest BCUT2D eigenvalue weighted by molar-refractivity contribution is 0.0694. The number of fused-ring (bicyclic) bond motifs is 1. The van der Waals surface area contributed by atoms with E-state index in [0.29, 0.717) is 11.8 Å². The highest BCUT2D eigenvalue weighted by molar-refractivity contribution is 5.39. The van der Waals surface area contributed by atoms with Crippen molar-refractivity contribution < 1.29 is 9.84 Å². The van der Waals surface area contributed by atoms with Gasteiger partial charge in [-0.1, -0.05) is 31.0 Å². The van der Waals surface area contributed by atoms with Gasteiger partial charge in [-0.05, 0) is 24.8 Å². The summed E-state index contributed by atoms with van der Waals surface area (Å²) in [4.78, 5) is 0. The van der Waals surface area contributed by atoms with Gasteiger partial charge in [0.25, 0.3) is 0 Å². The first-order chi connectivity index (χ1) is 9.34. The van der Waals surface area contributed by atoms with E-state index >= 15 is 0 Å². The molecule has 3 unspecified atom stereocenters. The van der Waals surface area contributed by atoms with Crippen LogP contribution in [-0.4, -0.2) is 30.9 Å². The molecule has 2 N–H and O–H groups in total. The summed E-state index contributed by atoms with van der Waals surface area (Å²) >= 11 is 0. The lowest BCUT2D eigenvalue weighted by Crippen LogP contribution is -2.35. The quantitative estimate of drug-likeness (QED) is 0.874. The average molecular weight is 261 g/mol. The van der Waals surface area contributed by atoms with E-state index in [-0.39, 0.29) is 6.10 Å². The number of rotatable bonds is 4. The van der Waals surface area contributed by atoms with Gasteiger partial charge in [-0.2, -0.15) is 0 Å². The number of ether oxygens (including phenoxy) is 1.